The zero-order valence-electron chi connectivity index (χ0n) is 16.9. The van der Waals surface area contributed by atoms with Crippen molar-refractivity contribution in [2.24, 2.45) is 0 Å². The number of hydrogen-bond donors (Lipinski definition) is 2. The maximum absolute atomic E-state index is 12.8. The van der Waals surface area contributed by atoms with Crippen LogP contribution >= 0.6 is 11.3 Å². The minimum Gasteiger partial charge on any atom is -0.510 e. The van der Waals surface area contributed by atoms with E-state index in [4.69, 9.17) is 5.41 Å². The van der Waals surface area contributed by atoms with Crippen molar-refractivity contribution in [3.05, 3.63) is 75.8 Å². The highest BCUT2D eigenvalue weighted by Gasteiger charge is 2.32. The van der Waals surface area contributed by atoms with Crippen molar-refractivity contribution < 1.29 is 18.3 Å². The summed E-state index contributed by atoms with van der Waals surface area (Å²) in [5.41, 5.74) is 2.66. The summed E-state index contributed by atoms with van der Waals surface area (Å²) < 4.78 is 38.3. The number of aromatic nitrogens is 1. The smallest absolute Gasteiger partial charge is 0.416 e. The van der Waals surface area contributed by atoms with E-state index in [2.05, 4.69) is 18.8 Å². The Hall–Kier alpha value is -3.13. The van der Waals surface area contributed by atoms with Crippen LogP contribution in [0.5, 0.6) is 0 Å². The molecule has 2 heterocycles. The van der Waals surface area contributed by atoms with E-state index in [1.807, 2.05) is 24.3 Å². The molecule has 2 N–H and O–H groups in total. The third-order valence-corrected chi connectivity index (χ3v) is 6.06. The van der Waals surface area contributed by atoms with Gasteiger partial charge < -0.3 is 10.0 Å². The quantitative estimate of drug-likeness (QED) is 0.471. The van der Waals surface area contributed by atoms with E-state index in [9.17, 15) is 18.3 Å². The average Bonchev–Trinajstić information content (AvgIpc) is 3.32. The summed E-state index contributed by atoms with van der Waals surface area (Å²) in [6.45, 7) is 4.38. The summed E-state index contributed by atoms with van der Waals surface area (Å²) in [6, 6.07) is 12.7. The topological polar surface area (TPSA) is 60.2 Å². The second-order valence-electron chi connectivity index (χ2n) is 7.62. The number of halogens is 3. The second-order valence-corrected chi connectivity index (χ2v) is 8.47. The Kier molecular flexibility index (Phi) is 5.35. The van der Waals surface area contributed by atoms with E-state index in [0.717, 1.165) is 17.8 Å². The Labute approximate surface area is 181 Å². The fourth-order valence-electron chi connectivity index (χ4n) is 3.41. The molecule has 0 aliphatic carbocycles. The van der Waals surface area contributed by atoms with E-state index in [0.29, 0.717) is 27.8 Å². The Bertz CT molecular complexity index is 1150. The first-order chi connectivity index (χ1) is 14.6. The lowest BCUT2D eigenvalue weighted by Crippen LogP contribution is -2.26. The average molecular weight is 443 g/mol. The highest BCUT2D eigenvalue weighted by molar-refractivity contribution is 7.11. The summed E-state index contributed by atoms with van der Waals surface area (Å²) in [5, 5.41) is 21.3. The van der Waals surface area contributed by atoms with Crippen LogP contribution in [-0.2, 0) is 6.18 Å². The molecule has 2 aromatic carbocycles. The molecule has 0 atom stereocenters. The van der Waals surface area contributed by atoms with Crippen LogP contribution in [-0.4, -0.2) is 22.5 Å². The molecule has 1 aliphatic heterocycles. The first kappa shape index (κ1) is 21.1. The standard InChI is InChI=1S/C23H20F3N3OS/c1-13(2)14-5-9-17(10-6-14)29-11-19(30)20(21(29)27)22-28-18(12-31-22)15-3-7-16(8-4-15)23(24,25)26/h3-10,12-13,27,30H,11H2,1-2H3. The lowest BCUT2D eigenvalue weighted by atomic mass is 10.0. The maximum atomic E-state index is 12.8. The third kappa shape index (κ3) is 4.07. The van der Waals surface area contributed by atoms with Gasteiger partial charge in [-0.25, -0.2) is 4.98 Å². The second kappa shape index (κ2) is 7.85. The van der Waals surface area contributed by atoms with Gasteiger partial charge in [0, 0.05) is 16.6 Å². The largest absolute Gasteiger partial charge is 0.510 e. The molecule has 8 heteroatoms. The van der Waals surface area contributed by atoms with Crippen molar-refractivity contribution in [2.75, 3.05) is 11.4 Å². The molecule has 1 aromatic heterocycles. The number of aliphatic hydroxyl groups excluding tert-OH is 1. The fraction of sp³-hybridized carbons (Fsp3) is 0.217. The summed E-state index contributed by atoms with van der Waals surface area (Å²) >= 11 is 1.24. The van der Waals surface area contributed by atoms with Crippen molar-refractivity contribution in [1.82, 2.24) is 4.98 Å². The number of aliphatic hydroxyl groups is 1. The number of nitrogens with zero attached hydrogens (tertiary/aromatic N) is 2. The van der Waals surface area contributed by atoms with Gasteiger partial charge in [-0.2, -0.15) is 13.2 Å². The summed E-state index contributed by atoms with van der Waals surface area (Å²) in [7, 11) is 0. The van der Waals surface area contributed by atoms with Gasteiger partial charge in [0.1, 0.15) is 16.6 Å². The lowest BCUT2D eigenvalue weighted by Gasteiger charge is -2.19. The highest BCUT2D eigenvalue weighted by Crippen LogP contribution is 2.36. The molecular formula is C23H20F3N3OS. The number of anilines is 1. The Morgan fingerprint density at radius 1 is 1.06 bits per heavy atom. The number of rotatable bonds is 4. The zero-order valence-corrected chi connectivity index (χ0v) is 17.7. The number of nitrogens with one attached hydrogen (secondary N) is 1. The van der Waals surface area contributed by atoms with Gasteiger partial charge in [-0.1, -0.05) is 38.1 Å². The molecular weight excluding hydrogens is 423 g/mol. The number of hydrogen-bond acceptors (Lipinski definition) is 4. The van der Waals surface area contributed by atoms with Crippen LogP contribution in [0.25, 0.3) is 16.8 Å². The molecule has 0 saturated carbocycles. The van der Waals surface area contributed by atoms with Crippen molar-refractivity contribution >= 4 is 28.4 Å². The Morgan fingerprint density at radius 3 is 2.29 bits per heavy atom. The summed E-state index contributed by atoms with van der Waals surface area (Å²) in [6.07, 6.45) is -4.39. The van der Waals surface area contributed by atoms with Crippen LogP contribution in [0.15, 0.2) is 59.7 Å². The molecule has 0 radical (unpaired) electrons. The normalized spacial score (nSPS) is 14.8. The van der Waals surface area contributed by atoms with Gasteiger partial charge >= 0.3 is 6.18 Å². The molecule has 0 saturated heterocycles. The van der Waals surface area contributed by atoms with Gasteiger partial charge in [-0.15, -0.1) is 11.3 Å². The molecule has 0 spiro atoms. The third-order valence-electron chi connectivity index (χ3n) is 5.20. The number of amidine groups is 1. The van der Waals surface area contributed by atoms with Crippen LogP contribution in [0.4, 0.5) is 18.9 Å². The molecule has 3 aromatic rings. The minimum atomic E-state index is -4.39. The minimum absolute atomic E-state index is 0.0475. The summed E-state index contributed by atoms with van der Waals surface area (Å²) in [5.74, 6) is 0.586. The molecule has 31 heavy (non-hydrogen) atoms. The molecule has 0 unspecified atom stereocenters. The molecule has 4 rings (SSSR count). The van der Waals surface area contributed by atoms with Gasteiger partial charge in [-0.05, 0) is 35.7 Å². The van der Waals surface area contributed by atoms with Crippen LogP contribution in [0.1, 0.15) is 35.9 Å². The monoisotopic (exact) mass is 443 g/mol. The fourth-order valence-corrected chi connectivity index (χ4v) is 4.31. The van der Waals surface area contributed by atoms with Crippen molar-refractivity contribution in [1.29, 1.82) is 5.41 Å². The van der Waals surface area contributed by atoms with Crippen molar-refractivity contribution in [2.45, 2.75) is 25.9 Å². The predicted molar refractivity (Wildman–Crippen MR) is 118 cm³/mol. The number of alkyl halides is 3. The van der Waals surface area contributed by atoms with Gasteiger partial charge in [0.05, 0.1) is 23.4 Å². The first-order valence-corrected chi connectivity index (χ1v) is 10.5. The SMILES string of the molecule is CC(C)c1ccc(N2CC(O)=C(c3nc(-c4ccc(C(F)(F)F)cc4)cs3)C2=N)cc1. The molecule has 0 amide bonds. The lowest BCUT2D eigenvalue weighted by molar-refractivity contribution is -0.137. The molecule has 0 fully saturated rings. The van der Waals surface area contributed by atoms with E-state index in [-0.39, 0.29) is 18.1 Å². The van der Waals surface area contributed by atoms with Crippen LogP contribution < -0.4 is 4.90 Å². The first-order valence-electron chi connectivity index (χ1n) is 9.67. The van der Waals surface area contributed by atoms with E-state index < -0.39 is 11.7 Å². The van der Waals surface area contributed by atoms with Gasteiger partial charge in [0.2, 0.25) is 0 Å². The molecule has 1 aliphatic rings. The maximum Gasteiger partial charge on any atom is 0.416 e. The van der Waals surface area contributed by atoms with Gasteiger partial charge in [0.25, 0.3) is 0 Å². The van der Waals surface area contributed by atoms with Crippen molar-refractivity contribution in [3.63, 3.8) is 0 Å². The van der Waals surface area contributed by atoms with E-state index >= 15 is 0 Å². The zero-order chi connectivity index (χ0) is 22.3. The molecule has 160 valence electrons. The molecule has 4 nitrogen and oxygen atoms in total. The molecule has 0 bridgehead atoms. The predicted octanol–water partition coefficient (Wildman–Crippen LogP) is 6.72. The van der Waals surface area contributed by atoms with Gasteiger partial charge in [0.15, 0.2) is 0 Å². The van der Waals surface area contributed by atoms with Crippen LogP contribution in [0.3, 0.4) is 0 Å². The number of benzene rings is 2. The van der Waals surface area contributed by atoms with Crippen molar-refractivity contribution in [3.8, 4) is 11.3 Å². The Morgan fingerprint density at radius 2 is 1.71 bits per heavy atom. The van der Waals surface area contributed by atoms with E-state index in [1.165, 1.54) is 29.0 Å². The Balaban J connectivity index is 1.57. The van der Waals surface area contributed by atoms with E-state index in [1.54, 1.807) is 10.3 Å². The van der Waals surface area contributed by atoms with Gasteiger partial charge in [-0.3, -0.25) is 5.41 Å². The van der Waals surface area contributed by atoms with Crippen LogP contribution in [0, 0.1) is 5.41 Å². The summed E-state index contributed by atoms with van der Waals surface area (Å²) in [4.78, 5) is 6.17. The van der Waals surface area contributed by atoms with Crippen LogP contribution in [0.2, 0.25) is 0 Å². The number of thiazole rings is 1. The highest BCUT2D eigenvalue weighted by atomic mass is 32.1.